The topological polar surface area (TPSA) is 81.4 Å². The van der Waals surface area contributed by atoms with Gasteiger partial charge in [-0.25, -0.2) is 0 Å². The van der Waals surface area contributed by atoms with Gasteiger partial charge in [0.15, 0.2) is 5.78 Å². The number of nitrogens with two attached hydrogens (primary N) is 1. The predicted octanol–water partition coefficient (Wildman–Crippen LogP) is 2.09. The van der Waals surface area contributed by atoms with Crippen molar-refractivity contribution in [3.8, 4) is 0 Å². The molecule has 3 N–H and O–H groups in total. The summed E-state index contributed by atoms with van der Waals surface area (Å²) in [6.45, 7) is 7.59. The molecule has 3 atom stereocenters. The number of ether oxygens (including phenoxy) is 1. The number of rotatable bonds is 8. The zero-order chi connectivity index (χ0) is 16.7. The molecule has 1 aliphatic carbocycles. The molecule has 0 saturated heterocycles. The van der Waals surface area contributed by atoms with Gasteiger partial charge in [-0.2, -0.15) is 0 Å². The maximum absolute atomic E-state index is 12.2. The molecule has 5 heteroatoms. The summed E-state index contributed by atoms with van der Waals surface area (Å²) < 4.78 is 6.11. The van der Waals surface area contributed by atoms with E-state index in [4.69, 9.17) is 10.5 Å². The molecular formula is C17H30N2O3. The van der Waals surface area contributed by atoms with Crippen molar-refractivity contribution in [1.29, 1.82) is 0 Å². The molecule has 0 aromatic rings. The Bertz CT molecular complexity index is 416. The van der Waals surface area contributed by atoms with Crippen LogP contribution in [-0.2, 0) is 14.3 Å². The minimum absolute atomic E-state index is 0.102. The molecule has 1 rings (SSSR count). The van der Waals surface area contributed by atoms with Gasteiger partial charge in [0.1, 0.15) is 0 Å². The van der Waals surface area contributed by atoms with Crippen LogP contribution in [0.15, 0.2) is 11.6 Å². The maximum atomic E-state index is 12.2. The SMILES string of the molecule is CCCC(=O)C1=C[C@@H](OC(CC)CC)[C@H](NC(C)=O)[C@@H](N)C1. The Morgan fingerprint density at radius 2 is 2.00 bits per heavy atom. The Morgan fingerprint density at radius 3 is 2.50 bits per heavy atom. The van der Waals surface area contributed by atoms with Crippen LogP contribution in [0.1, 0.15) is 59.8 Å². The molecule has 22 heavy (non-hydrogen) atoms. The molecule has 126 valence electrons. The van der Waals surface area contributed by atoms with Gasteiger partial charge in [0.05, 0.1) is 18.2 Å². The summed E-state index contributed by atoms with van der Waals surface area (Å²) in [5.41, 5.74) is 6.96. The molecule has 0 aromatic carbocycles. The highest BCUT2D eigenvalue weighted by atomic mass is 16.5. The molecule has 0 fully saturated rings. The highest BCUT2D eigenvalue weighted by Gasteiger charge is 2.35. The van der Waals surface area contributed by atoms with E-state index in [9.17, 15) is 9.59 Å². The van der Waals surface area contributed by atoms with Gasteiger partial charge in [-0.3, -0.25) is 9.59 Å². The lowest BCUT2D eigenvalue weighted by Gasteiger charge is -2.36. The molecule has 0 bridgehead atoms. The fraction of sp³-hybridized carbons (Fsp3) is 0.765. The minimum atomic E-state index is -0.339. The highest BCUT2D eigenvalue weighted by Crippen LogP contribution is 2.24. The summed E-state index contributed by atoms with van der Waals surface area (Å²) in [6, 6.07) is -0.583. The lowest BCUT2D eigenvalue weighted by Crippen LogP contribution is -2.57. The van der Waals surface area contributed by atoms with Crippen molar-refractivity contribution in [2.45, 2.75) is 84.1 Å². The number of nitrogens with one attached hydrogen (secondary N) is 1. The first-order valence-corrected chi connectivity index (χ1v) is 8.34. The van der Waals surface area contributed by atoms with E-state index >= 15 is 0 Å². The number of Topliss-reactive ketones (excluding diaryl/α,β-unsaturated/α-hetero) is 1. The van der Waals surface area contributed by atoms with E-state index in [1.165, 1.54) is 6.92 Å². The van der Waals surface area contributed by atoms with Gasteiger partial charge >= 0.3 is 0 Å². The van der Waals surface area contributed by atoms with E-state index < -0.39 is 0 Å². The third-order valence-electron chi connectivity index (χ3n) is 4.10. The molecule has 5 nitrogen and oxygen atoms in total. The average molecular weight is 310 g/mol. The molecule has 0 unspecified atom stereocenters. The van der Waals surface area contributed by atoms with Crippen molar-refractivity contribution in [1.82, 2.24) is 5.32 Å². The van der Waals surface area contributed by atoms with Crippen LogP contribution < -0.4 is 11.1 Å². The summed E-state index contributed by atoms with van der Waals surface area (Å²) >= 11 is 0. The van der Waals surface area contributed by atoms with E-state index in [2.05, 4.69) is 19.2 Å². The highest BCUT2D eigenvalue weighted by molar-refractivity contribution is 5.95. The second-order valence-corrected chi connectivity index (χ2v) is 6.00. The molecular weight excluding hydrogens is 280 g/mol. The van der Waals surface area contributed by atoms with Crippen LogP contribution in [-0.4, -0.2) is 36.0 Å². The predicted molar refractivity (Wildman–Crippen MR) is 87.4 cm³/mol. The second kappa shape index (κ2) is 9.06. The van der Waals surface area contributed by atoms with Crippen molar-refractivity contribution in [2.24, 2.45) is 5.73 Å². The first-order valence-electron chi connectivity index (χ1n) is 8.34. The fourth-order valence-electron chi connectivity index (χ4n) is 2.84. The van der Waals surface area contributed by atoms with Gasteiger partial charge in [0.2, 0.25) is 5.91 Å². The molecule has 1 amide bonds. The zero-order valence-corrected chi connectivity index (χ0v) is 14.2. The number of hydrogen-bond donors (Lipinski definition) is 2. The number of carbonyl (C=O) groups excluding carboxylic acids is 2. The van der Waals surface area contributed by atoms with Crippen molar-refractivity contribution in [3.05, 3.63) is 11.6 Å². The summed E-state index contributed by atoms with van der Waals surface area (Å²) in [4.78, 5) is 23.6. The van der Waals surface area contributed by atoms with Gasteiger partial charge < -0.3 is 15.8 Å². The average Bonchev–Trinajstić information content (AvgIpc) is 2.47. The van der Waals surface area contributed by atoms with Crippen molar-refractivity contribution < 1.29 is 14.3 Å². The number of carbonyl (C=O) groups is 2. The Balaban J connectivity index is 2.98. The van der Waals surface area contributed by atoms with Gasteiger partial charge in [-0.15, -0.1) is 0 Å². The number of ketones is 1. The number of amides is 1. The smallest absolute Gasteiger partial charge is 0.217 e. The second-order valence-electron chi connectivity index (χ2n) is 6.00. The Hall–Kier alpha value is -1.20. The molecule has 0 saturated carbocycles. The third-order valence-corrected chi connectivity index (χ3v) is 4.10. The normalized spacial score (nSPS) is 25.0. The summed E-state index contributed by atoms with van der Waals surface area (Å²) in [5, 5.41) is 2.88. The van der Waals surface area contributed by atoms with Crippen LogP contribution in [0.2, 0.25) is 0 Å². The van der Waals surface area contributed by atoms with Crippen LogP contribution in [0.25, 0.3) is 0 Å². The summed E-state index contributed by atoms with van der Waals surface area (Å²) in [7, 11) is 0. The van der Waals surface area contributed by atoms with E-state index in [0.717, 1.165) is 24.8 Å². The van der Waals surface area contributed by atoms with Crippen LogP contribution in [0.4, 0.5) is 0 Å². The molecule has 0 aliphatic heterocycles. The van der Waals surface area contributed by atoms with Crippen LogP contribution in [0, 0.1) is 0 Å². The van der Waals surface area contributed by atoms with Crippen molar-refractivity contribution in [2.75, 3.05) is 0 Å². The molecule has 0 spiro atoms. The molecule has 1 aliphatic rings. The first kappa shape index (κ1) is 18.8. The lowest BCUT2D eigenvalue weighted by atomic mass is 9.85. The summed E-state index contributed by atoms with van der Waals surface area (Å²) in [6.07, 6.45) is 5.26. The van der Waals surface area contributed by atoms with Gasteiger partial charge in [0.25, 0.3) is 0 Å². The monoisotopic (exact) mass is 310 g/mol. The Morgan fingerprint density at radius 1 is 1.36 bits per heavy atom. The Labute approximate surface area is 133 Å². The standard InChI is InChI=1S/C17H30N2O3/c1-5-8-15(21)12-9-14(18)17(19-11(4)20)16(10-12)22-13(6-2)7-3/h10,13-14,16-17H,5-9,18H2,1-4H3,(H,19,20)/t14-,16+,17+/m0/s1. The fourth-order valence-corrected chi connectivity index (χ4v) is 2.84. The van der Waals surface area contributed by atoms with Crippen molar-refractivity contribution in [3.63, 3.8) is 0 Å². The van der Waals surface area contributed by atoms with E-state index in [1.807, 2.05) is 13.0 Å². The maximum Gasteiger partial charge on any atom is 0.217 e. The van der Waals surface area contributed by atoms with Gasteiger partial charge in [0, 0.05) is 19.4 Å². The largest absolute Gasteiger partial charge is 0.369 e. The van der Waals surface area contributed by atoms with Crippen LogP contribution in [0.3, 0.4) is 0 Å². The van der Waals surface area contributed by atoms with Crippen LogP contribution >= 0.6 is 0 Å². The van der Waals surface area contributed by atoms with E-state index in [0.29, 0.717) is 12.8 Å². The molecule has 0 heterocycles. The van der Waals surface area contributed by atoms with Crippen molar-refractivity contribution >= 4 is 11.7 Å². The van der Waals surface area contributed by atoms with E-state index in [1.54, 1.807) is 0 Å². The first-order chi connectivity index (χ1) is 10.4. The van der Waals surface area contributed by atoms with Gasteiger partial charge in [-0.1, -0.05) is 20.8 Å². The molecule has 0 radical (unpaired) electrons. The van der Waals surface area contributed by atoms with E-state index in [-0.39, 0.29) is 36.0 Å². The Kier molecular flexibility index (Phi) is 7.76. The number of hydrogen-bond acceptors (Lipinski definition) is 4. The third kappa shape index (κ3) is 5.21. The lowest BCUT2D eigenvalue weighted by molar-refractivity contribution is -0.121. The minimum Gasteiger partial charge on any atom is -0.369 e. The zero-order valence-electron chi connectivity index (χ0n) is 14.2. The van der Waals surface area contributed by atoms with Crippen LogP contribution in [0.5, 0.6) is 0 Å². The summed E-state index contributed by atoms with van der Waals surface area (Å²) in [5.74, 6) is 0.00713. The molecule has 0 aromatic heterocycles. The quantitative estimate of drug-likeness (QED) is 0.719. The van der Waals surface area contributed by atoms with Gasteiger partial charge in [-0.05, 0) is 37.3 Å².